The minimum absolute atomic E-state index is 0.600. The third-order valence-corrected chi connectivity index (χ3v) is 2.17. The third-order valence-electron chi connectivity index (χ3n) is 1.88. The van der Waals surface area contributed by atoms with Gasteiger partial charge in [-0.05, 0) is 18.1 Å². The van der Waals surface area contributed by atoms with Crippen molar-refractivity contribution in [3.63, 3.8) is 0 Å². The predicted octanol–water partition coefficient (Wildman–Crippen LogP) is 1.04. The summed E-state index contributed by atoms with van der Waals surface area (Å²) >= 11 is 5.13. The van der Waals surface area contributed by atoms with Crippen molar-refractivity contribution in [1.29, 1.82) is 0 Å². The van der Waals surface area contributed by atoms with Crippen LogP contribution in [0.4, 0.5) is 0 Å². The Bertz CT molecular complexity index is 319. The van der Waals surface area contributed by atoms with Crippen LogP contribution in [0.1, 0.15) is 19.4 Å². The van der Waals surface area contributed by atoms with Crippen LogP contribution in [0.2, 0.25) is 0 Å². The average molecular weight is 226 g/mol. The number of hydrogen-bond acceptors (Lipinski definition) is 2. The molecule has 2 N–H and O–H groups in total. The zero-order valence-electron chi connectivity index (χ0n) is 9.45. The monoisotopic (exact) mass is 226 g/mol. The van der Waals surface area contributed by atoms with Crippen molar-refractivity contribution in [2.75, 3.05) is 6.54 Å². The summed E-state index contributed by atoms with van der Waals surface area (Å²) in [7, 11) is 1.90. The molecular weight excluding hydrogens is 208 g/mol. The Morgan fingerprint density at radius 1 is 1.53 bits per heavy atom. The largest absolute Gasteiger partial charge is 0.362 e. The predicted molar refractivity (Wildman–Crippen MR) is 65.5 cm³/mol. The smallest absolute Gasteiger partial charge is 0.166 e. The maximum absolute atomic E-state index is 5.13. The molecule has 0 aromatic carbocycles. The SMILES string of the molecule is CC(C)CNC(=S)NCc1cnn(C)c1. The molecule has 1 aromatic rings. The molecular formula is C10H18N4S. The van der Waals surface area contributed by atoms with E-state index in [1.165, 1.54) is 0 Å². The van der Waals surface area contributed by atoms with Gasteiger partial charge in [0.15, 0.2) is 5.11 Å². The molecule has 0 saturated heterocycles. The molecule has 0 fully saturated rings. The van der Waals surface area contributed by atoms with Crippen molar-refractivity contribution >= 4 is 17.3 Å². The number of nitrogens with one attached hydrogen (secondary N) is 2. The summed E-state index contributed by atoms with van der Waals surface area (Å²) < 4.78 is 1.78. The summed E-state index contributed by atoms with van der Waals surface area (Å²) in [6.07, 6.45) is 3.80. The molecule has 0 aliphatic heterocycles. The van der Waals surface area contributed by atoms with Crippen molar-refractivity contribution in [2.24, 2.45) is 13.0 Å². The zero-order valence-corrected chi connectivity index (χ0v) is 10.3. The van der Waals surface area contributed by atoms with Gasteiger partial charge < -0.3 is 10.6 Å². The molecule has 0 amide bonds. The number of thiocarbonyl (C=S) groups is 1. The van der Waals surface area contributed by atoms with E-state index in [2.05, 4.69) is 29.6 Å². The summed E-state index contributed by atoms with van der Waals surface area (Å²) in [4.78, 5) is 0. The highest BCUT2D eigenvalue weighted by atomic mass is 32.1. The van der Waals surface area contributed by atoms with Crippen LogP contribution in [0.25, 0.3) is 0 Å². The van der Waals surface area contributed by atoms with Gasteiger partial charge in [-0.2, -0.15) is 5.10 Å². The minimum Gasteiger partial charge on any atom is -0.362 e. The van der Waals surface area contributed by atoms with Crippen molar-refractivity contribution in [2.45, 2.75) is 20.4 Å². The van der Waals surface area contributed by atoms with Gasteiger partial charge in [0.2, 0.25) is 0 Å². The lowest BCUT2D eigenvalue weighted by molar-refractivity contribution is 0.619. The van der Waals surface area contributed by atoms with E-state index in [0.717, 1.165) is 18.7 Å². The maximum Gasteiger partial charge on any atom is 0.166 e. The molecule has 1 heterocycles. The first kappa shape index (κ1) is 12.0. The van der Waals surface area contributed by atoms with Crippen LogP contribution >= 0.6 is 12.2 Å². The van der Waals surface area contributed by atoms with Crippen LogP contribution in [0.5, 0.6) is 0 Å². The molecule has 0 aliphatic carbocycles. The molecule has 4 nitrogen and oxygen atoms in total. The lowest BCUT2D eigenvalue weighted by atomic mass is 10.2. The molecule has 0 radical (unpaired) electrons. The zero-order chi connectivity index (χ0) is 11.3. The standard InChI is InChI=1S/C10H18N4S/c1-8(2)4-11-10(15)12-5-9-6-13-14(3)7-9/h6-8H,4-5H2,1-3H3,(H2,11,12,15). The van der Waals surface area contributed by atoms with Crippen molar-refractivity contribution < 1.29 is 0 Å². The van der Waals surface area contributed by atoms with Gasteiger partial charge in [-0.15, -0.1) is 0 Å². The van der Waals surface area contributed by atoms with Gasteiger partial charge in [0.05, 0.1) is 6.20 Å². The van der Waals surface area contributed by atoms with E-state index in [1.807, 2.05) is 19.4 Å². The Morgan fingerprint density at radius 3 is 2.80 bits per heavy atom. The van der Waals surface area contributed by atoms with E-state index in [1.54, 1.807) is 4.68 Å². The summed E-state index contributed by atoms with van der Waals surface area (Å²) in [5, 5.41) is 11.1. The Labute approximate surface area is 96.1 Å². The Kier molecular flexibility index (Phi) is 4.55. The van der Waals surface area contributed by atoms with Crippen molar-refractivity contribution in [3.05, 3.63) is 18.0 Å². The molecule has 0 atom stereocenters. The van der Waals surface area contributed by atoms with Gasteiger partial charge in [0.25, 0.3) is 0 Å². The number of aromatic nitrogens is 2. The van der Waals surface area contributed by atoms with Gasteiger partial charge in [0, 0.05) is 31.9 Å². The highest BCUT2D eigenvalue weighted by Crippen LogP contribution is 1.94. The van der Waals surface area contributed by atoms with E-state index >= 15 is 0 Å². The fraction of sp³-hybridized carbons (Fsp3) is 0.600. The molecule has 0 bridgehead atoms. The fourth-order valence-electron chi connectivity index (χ4n) is 1.10. The number of aryl methyl sites for hydroxylation is 1. The molecule has 0 saturated carbocycles. The summed E-state index contributed by atoms with van der Waals surface area (Å²) in [5.74, 6) is 0.600. The third kappa shape index (κ3) is 4.78. The molecule has 15 heavy (non-hydrogen) atoms. The van der Waals surface area contributed by atoms with E-state index in [4.69, 9.17) is 12.2 Å². The van der Waals surface area contributed by atoms with Crippen LogP contribution in [0.3, 0.4) is 0 Å². The second-order valence-corrected chi connectivity index (χ2v) is 4.39. The van der Waals surface area contributed by atoms with Crippen molar-refractivity contribution in [1.82, 2.24) is 20.4 Å². The van der Waals surface area contributed by atoms with Crippen LogP contribution in [-0.2, 0) is 13.6 Å². The lowest BCUT2D eigenvalue weighted by Gasteiger charge is -2.11. The van der Waals surface area contributed by atoms with E-state index in [0.29, 0.717) is 11.0 Å². The number of rotatable bonds is 4. The number of hydrogen-bond donors (Lipinski definition) is 2. The number of nitrogens with zero attached hydrogens (tertiary/aromatic N) is 2. The highest BCUT2D eigenvalue weighted by molar-refractivity contribution is 7.80. The second kappa shape index (κ2) is 5.70. The van der Waals surface area contributed by atoms with Gasteiger partial charge >= 0.3 is 0 Å². The van der Waals surface area contributed by atoms with Gasteiger partial charge in [-0.25, -0.2) is 0 Å². The van der Waals surface area contributed by atoms with E-state index in [9.17, 15) is 0 Å². The Morgan fingerprint density at radius 2 is 2.27 bits per heavy atom. The Balaban J connectivity index is 2.22. The molecule has 1 rings (SSSR count). The van der Waals surface area contributed by atoms with E-state index in [-0.39, 0.29) is 0 Å². The molecule has 0 unspecified atom stereocenters. The van der Waals surface area contributed by atoms with Gasteiger partial charge in [-0.3, -0.25) is 4.68 Å². The maximum atomic E-state index is 5.13. The summed E-state index contributed by atoms with van der Waals surface area (Å²) in [5.41, 5.74) is 1.13. The average Bonchev–Trinajstić information content (AvgIpc) is 2.58. The first-order valence-electron chi connectivity index (χ1n) is 5.07. The topological polar surface area (TPSA) is 41.9 Å². The lowest BCUT2D eigenvalue weighted by Crippen LogP contribution is -2.36. The fourth-order valence-corrected chi connectivity index (χ4v) is 1.26. The summed E-state index contributed by atoms with van der Waals surface area (Å²) in [6.45, 7) is 5.92. The normalized spacial score (nSPS) is 10.4. The van der Waals surface area contributed by atoms with Gasteiger partial charge in [-0.1, -0.05) is 13.8 Å². The van der Waals surface area contributed by atoms with Gasteiger partial charge in [0.1, 0.15) is 0 Å². The van der Waals surface area contributed by atoms with E-state index < -0.39 is 0 Å². The second-order valence-electron chi connectivity index (χ2n) is 3.98. The Hall–Kier alpha value is -1.10. The highest BCUT2D eigenvalue weighted by Gasteiger charge is 1.99. The van der Waals surface area contributed by atoms with Crippen LogP contribution in [0.15, 0.2) is 12.4 Å². The van der Waals surface area contributed by atoms with Crippen LogP contribution in [0, 0.1) is 5.92 Å². The quantitative estimate of drug-likeness (QED) is 0.753. The molecule has 5 heteroatoms. The minimum atomic E-state index is 0.600. The first-order chi connectivity index (χ1) is 7.08. The van der Waals surface area contributed by atoms with Crippen molar-refractivity contribution in [3.8, 4) is 0 Å². The van der Waals surface area contributed by atoms with Crippen LogP contribution < -0.4 is 10.6 Å². The summed E-state index contributed by atoms with van der Waals surface area (Å²) in [6, 6.07) is 0. The van der Waals surface area contributed by atoms with Crippen LogP contribution in [-0.4, -0.2) is 21.4 Å². The molecule has 0 aliphatic rings. The molecule has 84 valence electrons. The molecule has 1 aromatic heterocycles. The molecule has 0 spiro atoms. The first-order valence-corrected chi connectivity index (χ1v) is 5.48.